The molecular weight excluding hydrogens is 426 g/mol. The summed E-state index contributed by atoms with van der Waals surface area (Å²) in [4.78, 5) is 14.8. The van der Waals surface area contributed by atoms with Gasteiger partial charge in [0.2, 0.25) is 10.0 Å². The second-order valence-electron chi connectivity index (χ2n) is 10.5. The number of nitrogens with zero attached hydrogens (tertiary/aromatic N) is 2. The number of carbonyl (C=O) groups excluding carboxylic acids is 1. The van der Waals surface area contributed by atoms with Gasteiger partial charge in [-0.25, -0.2) is 13.2 Å². The molecule has 8 heteroatoms. The van der Waals surface area contributed by atoms with E-state index in [1.54, 1.807) is 33.5 Å². The van der Waals surface area contributed by atoms with Gasteiger partial charge in [-0.3, -0.25) is 0 Å². The highest BCUT2D eigenvalue weighted by Crippen LogP contribution is 2.28. The Balaban J connectivity index is 2.26. The first-order valence-electron chi connectivity index (χ1n) is 11.6. The maximum absolute atomic E-state index is 13.4. The van der Waals surface area contributed by atoms with Crippen LogP contribution in [-0.4, -0.2) is 68.1 Å². The predicted molar refractivity (Wildman–Crippen MR) is 128 cm³/mol. The monoisotopic (exact) mass is 467 g/mol. The third-order valence-corrected chi connectivity index (χ3v) is 7.25. The van der Waals surface area contributed by atoms with Crippen molar-refractivity contribution in [3.63, 3.8) is 0 Å². The van der Waals surface area contributed by atoms with E-state index in [1.807, 2.05) is 40.7 Å². The molecule has 1 fully saturated rings. The fourth-order valence-corrected chi connectivity index (χ4v) is 5.60. The Morgan fingerprint density at radius 2 is 1.72 bits per heavy atom. The first kappa shape index (κ1) is 26.6. The van der Waals surface area contributed by atoms with Crippen LogP contribution in [0.5, 0.6) is 0 Å². The van der Waals surface area contributed by atoms with Crippen LogP contribution in [0.25, 0.3) is 0 Å². The van der Waals surface area contributed by atoms with Crippen molar-refractivity contribution >= 4 is 16.1 Å². The van der Waals surface area contributed by atoms with Gasteiger partial charge in [0.1, 0.15) is 5.60 Å². The van der Waals surface area contributed by atoms with Crippen molar-refractivity contribution in [2.75, 3.05) is 32.7 Å². The molecule has 2 atom stereocenters. The van der Waals surface area contributed by atoms with Crippen LogP contribution in [-0.2, 0) is 14.8 Å². The van der Waals surface area contributed by atoms with Crippen LogP contribution in [0.4, 0.5) is 4.79 Å². The zero-order chi connectivity index (χ0) is 24.1. The van der Waals surface area contributed by atoms with Crippen molar-refractivity contribution in [3.05, 3.63) is 30.3 Å². The van der Waals surface area contributed by atoms with Crippen molar-refractivity contribution in [1.82, 2.24) is 14.5 Å². The smallest absolute Gasteiger partial charge is 0.410 e. The van der Waals surface area contributed by atoms with Gasteiger partial charge in [0.05, 0.1) is 4.90 Å². The average molecular weight is 468 g/mol. The molecule has 1 heterocycles. The lowest BCUT2D eigenvalue weighted by molar-refractivity contribution is 0.0283. The van der Waals surface area contributed by atoms with Crippen molar-refractivity contribution in [1.29, 1.82) is 0 Å². The Morgan fingerprint density at radius 3 is 2.25 bits per heavy atom. The lowest BCUT2D eigenvalue weighted by Crippen LogP contribution is -2.42. The molecule has 1 aromatic carbocycles. The first-order valence-corrected chi connectivity index (χ1v) is 13.0. The molecule has 1 aromatic rings. The maximum atomic E-state index is 13.4. The molecule has 1 aliphatic rings. The molecule has 182 valence electrons. The zero-order valence-electron chi connectivity index (χ0n) is 20.7. The van der Waals surface area contributed by atoms with Crippen molar-refractivity contribution in [2.24, 2.45) is 17.8 Å². The number of carbonyl (C=O) groups is 1. The van der Waals surface area contributed by atoms with E-state index in [1.165, 1.54) is 0 Å². The van der Waals surface area contributed by atoms with E-state index in [0.29, 0.717) is 37.1 Å². The molecule has 32 heavy (non-hydrogen) atoms. The Kier molecular flexibility index (Phi) is 9.14. The van der Waals surface area contributed by atoms with Crippen LogP contribution in [0.3, 0.4) is 0 Å². The summed E-state index contributed by atoms with van der Waals surface area (Å²) in [6.45, 7) is 16.3. The van der Waals surface area contributed by atoms with Gasteiger partial charge >= 0.3 is 6.09 Å². The summed E-state index contributed by atoms with van der Waals surface area (Å²) in [5.74, 6) is 0.348. The molecule has 0 spiro atoms. The SMILES string of the molecule is CC(C)CN(C[C@@H]1CN(C(=O)OC(C)(C)C)C[C@@H]1CNC(C)C)S(=O)(=O)c1ccccc1. The molecule has 0 aliphatic carbocycles. The largest absolute Gasteiger partial charge is 0.444 e. The van der Waals surface area contributed by atoms with Crippen LogP contribution in [0, 0.1) is 17.8 Å². The number of benzene rings is 1. The molecule has 1 N–H and O–H groups in total. The number of amides is 1. The number of nitrogens with one attached hydrogen (secondary N) is 1. The van der Waals surface area contributed by atoms with Crippen molar-refractivity contribution in [3.8, 4) is 0 Å². The molecular formula is C24H41N3O4S. The number of sulfonamides is 1. The molecule has 1 amide bonds. The molecule has 7 nitrogen and oxygen atoms in total. The van der Waals surface area contributed by atoms with E-state index in [-0.39, 0.29) is 23.8 Å². The summed E-state index contributed by atoms with van der Waals surface area (Å²) in [6, 6.07) is 8.90. The highest BCUT2D eigenvalue weighted by molar-refractivity contribution is 7.89. The summed E-state index contributed by atoms with van der Waals surface area (Å²) in [6.07, 6.45) is -0.337. The Hall–Kier alpha value is -1.64. The van der Waals surface area contributed by atoms with E-state index in [9.17, 15) is 13.2 Å². The number of hydrogen-bond acceptors (Lipinski definition) is 5. The van der Waals surface area contributed by atoms with Gasteiger partial charge in [-0.05, 0) is 50.7 Å². The third-order valence-electron chi connectivity index (χ3n) is 5.40. The fraction of sp³-hybridized carbons (Fsp3) is 0.708. The van der Waals surface area contributed by atoms with Gasteiger partial charge in [-0.15, -0.1) is 0 Å². The highest BCUT2D eigenvalue weighted by atomic mass is 32.2. The molecule has 1 aliphatic heterocycles. The van der Waals surface area contributed by atoms with Crippen LogP contribution in [0.1, 0.15) is 48.5 Å². The third kappa shape index (κ3) is 7.74. The summed E-state index contributed by atoms with van der Waals surface area (Å²) < 4.78 is 34.1. The number of hydrogen-bond donors (Lipinski definition) is 1. The second kappa shape index (κ2) is 11.0. The quantitative estimate of drug-likeness (QED) is 0.597. The summed E-state index contributed by atoms with van der Waals surface area (Å²) in [7, 11) is -3.63. The lowest BCUT2D eigenvalue weighted by atomic mass is 9.95. The number of likely N-dealkylation sites (tertiary alicyclic amines) is 1. The fourth-order valence-electron chi connectivity index (χ4n) is 3.92. The molecule has 1 saturated heterocycles. The first-order chi connectivity index (χ1) is 14.8. The van der Waals surface area contributed by atoms with E-state index < -0.39 is 15.6 Å². The van der Waals surface area contributed by atoms with Gasteiger partial charge in [0, 0.05) is 38.8 Å². The van der Waals surface area contributed by atoms with Crippen LogP contribution in [0.2, 0.25) is 0 Å². The molecule has 0 aromatic heterocycles. The number of ether oxygens (including phenoxy) is 1. The molecule has 0 saturated carbocycles. The van der Waals surface area contributed by atoms with E-state index in [4.69, 9.17) is 4.74 Å². The Morgan fingerprint density at radius 1 is 1.12 bits per heavy atom. The van der Waals surface area contributed by atoms with Crippen molar-refractivity contribution < 1.29 is 17.9 Å². The lowest BCUT2D eigenvalue weighted by Gasteiger charge is -2.29. The molecule has 0 unspecified atom stereocenters. The molecule has 0 bridgehead atoms. The second-order valence-corrected chi connectivity index (χ2v) is 12.4. The molecule has 0 radical (unpaired) electrons. The predicted octanol–water partition coefficient (Wildman–Crippen LogP) is 3.81. The van der Waals surface area contributed by atoms with Crippen molar-refractivity contribution in [2.45, 2.75) is 65.0 Å². The highest BCUT2D eigenvalue weighted by Gasteiger charge is 2.39. The van der Waals surface area contributed by atoms with E-state index in [2.05, 4.69) is 19.2 Å². The zero-order valence-corrected chi connectivity index (χ0v) is 21.5. The van der Waals surface area contributed by atoms with Gasteiger partial charge in [-0.1, -0.05) is 45.9 Å². The van der Waals surface area contributed by atoms with Crippen LogP contribution < -0.4 is 5.32 Å². The topological polar surface area (TPSA) is 79.0 Å². The van der Waals surface area contributed by atoms with E-state index in [0.717, 1.165) is 6.54 Å². The maximum Gasteiger partial charge on any atom is 0.410 e. The van der Waals surface area contributed by atoms with Gasteiger partial charge in [0.25, 0.3) is 0 Å². The normalized spacial score (nSPS) is 19.9. The Bertz CT molecular complexity index is 835. The van der Waals surface area contributed by atoms with Crippen LogP contribution in [0.15, 0.2) is 35.2 Å². The Labute approximate surface area is 194 Å². The van der Waals surface area contributed by atoms with Gasteiger partial charge in [-0.2, -0.15) is 4.31 Å². The average Bonchev–Trinajstić information content (AvgIpc) is 3.08. The van der Waals surface area contributed by atoms with Gasteiger partial charge in [0.15, 0.2) is 0 Å². The van der Waals surface area contributed by atoms with E-state index >= 15 is 0 Å². The summed E-state index contributed by atoms with van der Waals surface area (Å²) >= 11 is 0. The van der Waals surface area contributed by atoms with Gasteiger partial charge < -0.3 is 15.0 Å². The summed E-state index contributed by atoms with van der Waals surface area (Å²) in [5.41, 5.74) is -0.568. The minimum Gasteiger partial charge on any atom is -0.444 e. The minimum absolute atomic E-state index is 0.0194. The number of rotatable bonds is 9. The minimum atomic E-state index is -3.63. The molecule has 2 rings (SSSR count). The standard InChI is InChI=1S/C24H41N3O4S/c1-18(2)14-27(32(29,30)22-11-9-8-10-12-22)17-21-16-26(23(28)31-24(5,6)7)15-20(21)13-25-19(3)4/h8-12,18-21,25H,13-17H2,1-7H3/t20-,21-/m0/s1. The summed E-state index contributed by atoms with van der Waals surface area (Å²) in [5, 5.41) is 3.46. The van der Waals surface area contributed by atoms with Crippen LogP contribution >= 0.6 is 0 Å².